The number of esters is 1. The van der Waals surface area contributed by atoms with Crippen LogP contribution in [0.3, 0.4) is 0 Å². The lowest BCUT2D eigenvalue weighted by Gasteiger charge is -2.10. The van der Waals surface area contributed by atoms with Crippen LogP contribution in [0, 0.1) is 5.82 Å². The van der Waals surface area contributed by atoms with Crippen LogP contribution < -0.4 is 14.2 Å². The zero-order chi connectivity index (χ0) is 23.0. The quantitative estimate of drug-likeness (QED) is 0.151. The average Bonchev–Trinajstić information content (AvgIpc) is 2.80. The van der Waals surface area contributed by atoms with Gasteiger partial charge in [0.25, 0.3) is 0 Å². The van der Waals surface area contributed by atoms with Crippen molar-refractivity contribution in [1.29, 1.82) is 0 Å². The molecular formula is C27H37FO4. The van der Waals surface area contributed by atoms with E-state index in [2.05, 4.69) is 13.8 Å². The number of halogens is 1. The standard InChI is InChI=1S/C27H37FO4/c1-3-5-7-9-10-12-20-31-26-18-17-24(21-25(26)28)32-27(29)22-13-15-23(16-14-22)30-19-11-8-6-4-2/h13-18,21H,3-12,19-20H2,1-2H3. The first-order valence-electron chi connectivity index (χ1n) is 12.0. The van der Waals surface area contributed by atoms with E-state index < -0.39 is 11.8 Å². The van der Waals surface area contributed by atoms with Gasteiger partial charge in [-0.15, -0.1) is 0 Å². The summed E-state index contributed by atoms with van der Waals surface area (Å²) in [4.78, 5) is 12.4. The lowest BCUT2D eigenvalue weighted by molar-refractivity contribution is 0.0734. The van der Waals surface area contributed by atoms with Gasteiger partial charge in [0.2, 0.25) is 0 Å². The summed E-state index contributed by atoms with van der Waals surface area (Å²) in [5.41, 5.74) is 0.382. The maximum Gasteiger partial charge on any atom is 0.343 e. The Kier molecular flexibility index (Phi) is 12.3. The molecule has 2 aromatic carbocycles. The van der Waals surface area contributed by atoms with Crippen molar-refractivity contribution < 1.29 is 23.4 Å². The van der Waals surface area contributed by atoms with Crippen molar-refractivity contribution in [3.8, 4) is 17.2 Å². The second-order valence-electron chi connectivity index (χ2n) is 8.03. The summed E-state index contributed by atoms with van der Waals surface area (Å²) in [6.07, 6.45) is 11.4. The number of carbonyl (C=O) groups excluding carboxylic acids is 1. The maximum absolute atomic E-state index is 14.3. The van der Waals surface area contributed by atoms with Crippen molar-refractivity contribution in [1.82, 2.24) is 0 Å². The zero-order valence-electron chi connectivity index (χ0n) is 19.5. The average molecular weight is 445 g/mol. The van der Waals surface area contributed by atoms with Crippen LogP contribution in [0.2, 0.25) is 0 Å². The molecule has 0 fully saturated rings. The Balaban J connectivity index is 1.76. The van der Waals surface area contributed by atoms with E-state index in [-0.39, 0.29) is 11.5 Å². The highest BCUT2D eigenvalue weighted by molar-refractivity contribution is 5.91. The molecule has 0 saturated carbocycles. The third kappa shape index (κ3) is 9.71. The Morgan fingerprint density at radius 2 is 1.28 bits per heavy atom. The fourth-order valence-corrected chi connectivity index (χ4v) is 3.30. The van der Waals surface area contributed by atoms with Crippen molar-refractivity contribution in [2.24, 2.45) is 0 Å². The highest BCUT2D eigenvalue weighted by Crippen LogP contribution is 2.24. The molecule has 0 heterocycles. The van der Waals surface area contributed by atoms with Gasteiger partial charge in [0.1, 0.15) is 11.5 Å². The van der Waals surface area contributed by atoms with E-state index >= 15 is 0 Å². The van der Waals surface area contributed by atoms with E-state index in [0.29, 0.717) is 18.8 Å². The minimum Gasteiger partial charge on any atom is -0.494 e. The van der Waals surface area contributed by atoms with Gasteiger partial charge in [-0.2, -0.15) is 0 Å². The van der Waals surface area contributed by atoms with Crippen LogP contribution in [0.5, 0.6) is 17.2 Å². The van der Waals surface area contributed by atoms with E-state index in [1.54, 1.807) is 30.3 Å². The Bertz CT molecular complexity index is 789. The van der Waals surface area contributed by atoms with Crippen LogP contribution in [0.15, 0.2) is 42.5 Å². The van der Waals surface area contributed by atoms with Gasteiger partial charge in [0.15, 0.2) is 11.6 Å². The Morgan fingerprint density at radius 1 is 0.719 bits per heavy atom. The predicted molar refractivity (Wildman–Crippen MR) is 126 cm³/mol. The van der Waals surface area contributed by atoms with E-state index in [4.69, 9.17) is 14.2 Å². The molecule has 176 valence electrons. The molecule has 0 bridgehead atoms. The topological polar surface area (TPSA) is 44.8 Å². The minimum atomic E-state index is -0.542. The molecule has 0 aliphatic rings. The lowest BCUT2D eigenvalue weighted by atomic mass is 10.1. The molecule has 0 amide bonds. The van der Waals surface area contributed by atoms with Crippen LogP contribution in [0.4, 0.5) is 4.39 Å². The third-order valence-electron chi connectivity index (χ3n) is 5.23. The molecule has 0 aliphatic heterocycles. The molecule has 2 rings (SSSR count). The molecule has 0 spiro atoms. The first kappa shape index (κ1) is 25.7. The first-order chi connectivity index (χ1) is 15.6. The highest BCUT2D eigenvalue weighted by Gasteiger charge is 2.12. The number of unbranched alkanes of at least 4 members (excludes halogenated alkanes) is 8. The lowest BCUT2D eigenvalue weighted by Crippen LogP contribution is -2.09. The van der Waals surface area contributed by atoms with Crippen LogP contribution in [-0.4, -0.2) is 19.2 Å². The molecule has 0 N–H and O–H groups in total. The fraction of sp³-hybridized carbons (Fsp3) is 0.519. The molecule has 0 aromatic heterocycles. The van der Waals surface area contributed by atoms with Gasteiger partial charge in [-0.3, -0.25) is 0 Å². The summed E-state index contributed by atoms with van der Waals surface area (Å²) in [6.45, 7) is 5.51. The summed E-state index contributed by atoms with van der Waals surface area (Å²) in [5, 5.41) is 0. The third-order valence-corrected chi connectivity index (χ3v) is 5.23. The molecule has 4 nitrogen and oxygen atoms in total. The second kappa shape index (κ2) is 15.3. The largest absolute Gasteiger partial charge is 0.494 e. The molecule has 0 saturated heterocycles. The van der Waals surface area contributed by atoms with Crippen molar-refractivity contribution in [3.05, 3.63) is 53.8 Å². The van der Waals surface area contributed by atoms with Crippen molar-refractivity contribution in [2.75, 3.05) is 13.2 Å². The van der Waals surface area contributed by atoms with Crippen LogP contribution in [-0.2, 0) is 0 Å². The number of hydrogen-bond donors (Lipinski definition) is 0. The van der Waals surface area contributed by atoms with E-state index in [1.165, 1.54) is 50.7 Å². The monoisotopic (exact) mass is 444 g/mol. The molecule has 32 heavy (non-hydrogen) atoms. The predicted octanol–water partition coefficient (Wildman–Crippen LogP) is 7.74. The number of rotatable bonds is 16. The van der Waals surface area contributed by atoms with Crippen molar-refractivity contribution in [3.63, 3.8) is 0 Å². The van der Waals surface area contributed by atoms with E-state index in [1.807, 2.05) is 0 Å². The van der Waals surface area contributed by atoms with Crippen LogP contribution in [0.1, 0.15) is 88.4 Å². The van der Waals surface area contributed by atoms with Crippen LogP contribution in [0.25, 0.3) is 0 Å². The summed E-state index contributed by atoms with van der Waals surface area (Å²) >= 11 is 0. The number of carbonyl (C=O) groups is 1. The van der Waals surface area contributed by atoms with Gasteiger partial charge in [-0.1, -0.05) is 65.2 Å². The van der Waals surface area contributed by atoms with Crippen molar-refractivity contribution in [2.45, 2.75) is 78.1 Å². The van der Waals surface area contributed by atoms with Gasteiger partial charge in [0.05, 0.1) is 18.8 Å². The van der Waals surface area contributed by atoms with E-state index in [0.717, 1.165) is 31.4 Å². The molecule has 0 atom stereocenters. The molecule has 5 heteroatoms. The molecule has 0 radical (unpaired) electrons. The van der Waals surface area contributed by atoms with Crippen molar-refractivity contribution >= 4 is 5.97 Å². The Hall–Kier alpha value is -2.56. The SMILES string of the molecule is CCCCCCCCOc1ccc(OC(=O)c2ccc(OCCCCCC)cc2)cc1F. The summed E-state index contributed by atoms with van der Waals surface area (Å²) in [6, 6.07) is 11.0. The smallest absolute Gasteiger partial charge is 0.343 e. The van der Waals surface area contributed by atoms with Crippen LogP contribution >= 0.6 is 0 Å². The van der Waals surface area contributed by atoms with Gasteiger partial charge in [0, 0.05) is 6.07 Å². The molecule has 2 aromatic rings. The fourth-order valence-electron chi connectivity index (χ4n) is 3.30. The first-order valence-corrected chi connectivity index (χ1v) is 12.0. The van der Waals surface area contributed by atoms with Gasteiger partial charge < -0.3 is 14.2 Å². The normalized spacial score (nSPS) is 10.7. The Labute approximate surface area is 192 Å². The molecule has 0 unspecified atom stereocenters. The number of ether oxygens (including phenoxy) is 3. The summed E-state index contributed by atoms with van der Waals surface area (Å²) in [5.74, 6) is -0.0295. The summed E-state index contributed by atoms with van der Waals surface area (Å²) < 4.78 is 30.8. The highest BCUT2D eigenvalue weighted by atomic mass is 19.1. The minimum absolute atomic E-state index is 0.149. The second-order valence-corrected chi connectivity index (χ2v) is 8.03. The van der Waals surface area contributed by atoms with E-state index in [9.17, 15) is 9.18 Å². The zero-order valence-corrected chi connectivity index (χ0v) is 19.5. The Morgan fingerprint density at radius 3 is 1.94 bits per heavy atom. The van der Waals surface area contributed by atoms with Gasteiger partial charge in [-0.25, -0.2) is 9.18 Å². The number of hydrogen-bond acceptors (Lipinski definition) is 4. The maximum atomic E-state index is 14.3. The summed E-state index contributed by atoms with van der Waals surface area (Å²) in [7, 11) is 0. The molecular weight excluding hydrogens is 407 g/mol. The van der Waals surface area contributed by atoms with Gasteiger partial charge >= 0.3 is 5.97 Å². The number of benzene rings is 2. The van der Waals surface area contributed by atoms with Gasteiger partial charge in [-0.05, 0) is 49.2 Å². The molecule has 0 aliphatic carbocycles.